The second kappa shape index (κ2) is 6.64. The van der Waals surface area contributed by atoms with E-state index in [-0.39, 0.29) is 17.2 Å². The van der Waals surface area contributed by atoms with Crippen LogP contribution in [0.3, 0.4) is 0 Å². The van der Waals surface area contributed by atoms with Crippen molar-refractivity contribution in [2.45, 2.75) is 64.2 Å². The summed E-state index contributed by atoms with van der Waals surface area (Å²) >= 11 is 0. The van der Waals surface area contributed by atoms with Crippen molar-refractivity contribution in [1.29, 1.82) is 0 Å². The molecule has 146 valence electrons. The van der Waals surface area contributed by atoms with E-state index in [2.05, 4.69) is 10.1 Å². The van der Waals surface area contributed by atoms with E-state index < -0.39 is 0 Å². The zero-order valence-electron chi connectivity index (χ0n) is 16.0. The number of fused-ring (bicyclic) bond motifs is 1. The zero-order valence-corrected chi connectivity index (χ0v) is 16.0. The Morgan fingerprint density at radius 1 is 1.11 bits per heavy atom. The molecule has 4 aliphatic rings. The number of aromatic nitrogens is 1. The Hall–Kier alpha value is -1.85. The van der Waals surface area contributed by atoms with E-state index in [1.807, 2.05) is 4.90 Å². The molecule has 2 aliphatic heterocycles. The molecule has 1 saturated carbocycles. The maximum atomic E-state index is 13.3. The van der Waals surface area contributed by atoms with Gasteiger partial charge in [0.05, 0.1) is 11.1 Å². The summed E-state index contributed by atoms with van der Waals surface area (Å²) < 4.78 is 5.45. The summed E-state index contributed by atoms with van der Waals surface area (Å²) in [4.78, 5) is 30.3. The SMILES string of the molecule is O=C(c1onc2c1CCCC2)N1CC[C@@]2(CCCN(CC3CCC3)C2=O)C1. The number of nitrogens with zero attached hydrogens (tertiary/aromatic N) is 3. The fourth-order valence-electron chi connectivity index (χ4n) is 5.44. The lowest BCUT2D eigenvalue weighted by molar-refractivity contribution is -0.146. The van der Waals surface area contributed by atoms with Gasteiger partial charge in [-0.1, -0.05) is 11.6 Å². The molecule has 6 heteroatoms. The van der Waals surface area contributed by atoms with Crippen molar-refractivity contribution in [2.24, 2.45) is 11.3 Å². The van der Waals surface area contributed by atoms with Crippen LogP contribution in [0, 0.1) is 11.3 Å². The Bertz CT molecular complexity index is 754. The lowest BCUT2D eigenvalue weighted by atomic mass is 9.77. The quantitative estimate of drug-likeness (QED) is 0.819. The highest BCUT2D eigenvalue weighted by Crippen LogP contribution is 2.42. The second-order valence-corrected chi connectivity index (χ2v) is 9.05. The molecular weight excluding hydrogens is 342 g/mol. The van der Waals surface area contributed by atoms with Gasteiger partial charge in [0.25, 0.3) is 5.91 Å². The van der Waals surface area contributed by atoms with Crippen molar-refractivity contribution in [1.82, 2.24) is 15.0 Å². The molecule has 3 heterocycles. The first kappa shape index (κ1) is 17.3. The maximum absolute atomic E-state index is 13.3. The molecule has 2 amide bonds. The number of amides is 2. The highest BCUT2D eigenvalue weighted by atomic mass is 16.5. The summed E-state index contributed by atoms with van der Waals surface area (Å²) in [6.45, 7) is 3.00. The molecule has 2 aliphatic carbocycles. The fraction of sp³-hybridized carbons (Fsp3) is 0.762. The first-order chi connectivity index (χ1) is 13.2. The average Bonchev–Trinajstić information content (AvgIpc) is 3.26. The van der Waals surface area contributed by atoms with Gasteiger partial charge in [0.15, 0.2) is 0 Å². The van der Waals surface area contributed by atoms with Crippen molar-refractivity contribution in [2.75, 3.05) is 26.2 Å². The molecule has 27 heavy (non-hydrogen) atoms. The lowest BCUT2D eigenvalue weighted by Gasteiger charge is -2.42. The molecule has 2 saturated heterocycles. The molecule has 1 spiro atoms. The Labute approximate surface area is 160 Å². The molecule has 0 radical (unpaired) electrons. The van der Waals surface area contributed by atoms with Crippen LogP contribution in [-0.4, -0.2) is 52.9 Å². The van der Waals surface area contributed by atoms with Crippen LogP contribution in [0.25, 0.3) is 0 Å². The number of carbonyl (C=O) groups excluding carboxylic acids is 2. The number of piperidine rings is 1. The van der Waals surface area contributed by atoms with E-state index in [1.165, 1.54) is 19.3 Å². The number of likely N-dealkylation sites (tertiary alicyclic amines) is 2. The summed E-state index contributed by atoms with van der Waals surface area (Å²) in [6, 6.07) is 0. The fourth-order valence-corrected chi connectivity index (χ4v) is 5.44. The largest absolute Gasteiger partial charge is 0.350 e. The third-order valence-electron chi connectivity index (χ3n) is 7.32. The lowest BCUT2D eigenvalue weighted by Crippen LogP contribution is -2.52. The molecule has 3 fully saturated rings. The van der Waals surface area contributed by atoms with Gasteiger partial charge in [-0.25, -0.2) is 0 Å². The monoisotopic (exact) mass is 371 g/mol. The average molecular weight is 371 g/mol. The molecule has 0 unspecified atom stereocenters. The highest BCUT2D eigenvalue weighted by Gasteiger charge is 2.50. The van der Waals surface area contributed by atoms with Crippen LogP contribution in [0.5, 0.6) is 0 Å². The number of rotatable bonds is 3. The van der Waals surface area contributed by atoms with Gasteiger partial charge >= 0.3 is 0 Å². The zero-order chi connectivity index (χ0) is 18.4. The van der Waals surface area contributed by atoms with Gasteiger partial charge < -0.3 is 14.3 Å². The Morgan fingerprint density at radius 2 is 1.96 bits per heavy atom. The third-order valence-corrected chi connectivity index (χ3v) is 7.32. The minimum Gasteiger partial charge on any atom is -0.350 e. The van der Waals surface area contributed by atoms with Gasteiger partial charge in [-0.15, -0.1) is 0 Å². The van der Waals surface area contributed by atoms with E-state index >= 15 is 0 Å². The summed E-state index contributed by atoms with van der Waals surface area (Å²) in [5.74, 6) is 1.35. The standard InChI is InChI=1S/C21H29N3O3/c25-19(18-16-7-1-2-8-17(16)22-27-18)24-12-10-21(14-24)9-4-11-23(20(21)26)13-15-5-3-6-15/h15H,1-14H2/t21-/m0/s1. The Kier molecular flexibility index (Phi) is 4.25. The van der Waals surface area contributed by atoms with Crippen LogP contribution in [0.15, 0.2) is 4.52 Å². The van der Waals surface area contributed by atoms with E-state index in [9.17, 15) is 9.59 Å². The first-order valence-electron chi connectivity index (χ1n) is 10.7. The molecule has 6 nitrogen and oxygen atoms in total. The van der Waals surface area contributed by atoms with Crippen molar-refractivity contribution in [3.05, 3.63) is 17.0 Å². The predicted molar refractivity (Wildman–Crippen MR) is 99.3 cm³/mol. The minimum absolute atomic E-state index is 0.0635. The maximum Gasteiger partial charge on any atom is 0.292 e. The van der Waals surface area contributed by atoms with Crippen LogP contribution >= 0.6 is 0 Å². The molecule has 1 atom stereocenters. The molecule has 0 bridgehead atoms. The predicted octanol–water partition coefficient (Wildman–Crippen LogP) is 2.81. The minimum atomic E-state index is -0.363. The number of carbonyl (C=O) groups is 2. The summed E-state index contributed by atoms with van der Waals surface area (Å²) in [5.41, 5.74) is 1.60. The molecule has 1 aromatic rings. The van der Waals surface area contributed by atoms with Crippen molar-refractivity contribution in [3.63, 3.8) is 0 Å². The molecule has 5 rings (SSSR count). The van der Waals surface area contributed by atoms with Crippen molar-refractivity contribution >= 4 is 11.8 Å². The van der Waals surface area contributed by atoms with E-state index in [0.717, 1.165) is 69.3 Å². The molecule has 0 N–H and O–H groups in total. The third kappa shape index (κ3) is 2.88. The Balaban J connectivity index is 1.30. The molecule has 1 aromatic heterocycles. The highest BCUT2D eigenvalue weighted by molar-refractivity contribution is 5.94. The van der Waals surface area contributed by atoms with Gasteiger partial charge in [0.1, 0.15) is 0 Å². The van der Waals surface area contributed by atoms with Gasteiger partial charge in [0.2, 0.25) is 11.7 Å². The van der Waals surface area contributed by atoms with E-state index in [4.69, 9.17) is 4.52 Å². The Morgan fingerprint density at radius 3 is 2.78 bits per heavy atom. The van der Waals surface area contributed by atoms with Crippen LogP contribution in [0.4, 0.5) is 0 Å². The second-order valence-electron chi connectivity index (χ2n) is 9.05. The van der Waals surface area contributed by atoms with Gasteiger partial charge in [-0.2, -0.15) is 0 Å². The van der Waals surface area contributed by atoms with E-state index in [1.54, 1.807) is 0 Å². The van der Waals surface area contributed by atoms with Crippen molar-refractivity contribution in [3.8, 4) is 0 Å². The summed E-state index contributed by atoms with van der Waals surface area (Å²) in [5, 5.41) is 4.13. The number of hydrogen-bond donors (Lipinski definition) is 0. The smallest absolute Gasteiger partial charge is 0.292 e. The van der Waals surface area contributed by atoms with Gasteiger partial charge in [-0.3, -0.25) is 9.59 Å². The normalized spacial score (nSPS) is 28.5. The molecular formula is C21H29N3O3. The number of hydrogen-bond acceptors (Lipinski definition) is 4. The summed E-state index contributed by atoms with van der Waals surface area (Å²) in [6.07, 6.45) is 10.6. The molecule has 0 aromatic carbocycles. The van der Waals surface area contributed by atoms with Crippen LogP contribution in [0.1, 0.15) is 73.2 Å². The first-order valence-corrected chi connectivity index (χ1v) is 10.7. The van der Waals surface area contributed by atoms with Crippen LogP contribution < -0.4 is 0 Å². The number of aryl methyl sites for hydroxylation is 1. The topological polar surface area (TPSA) is 66.7 Å². The van der Waals surface area contributed by atoms with Crippen LogP contribution in [-0.2, 0) is 17.6 Å². The van der Waals surface area contributed by atoms with Crippen LogP contribution in [0.2, 0.25) is 0 Å². The van der Waals surface area contributed by atoms with Gasteiger partial charge in [0, 0.05) is 31.7 Å². The summed E-state index contributed by atoms with van der Waals surface area (Å²) in [7, 11) is 0. The van der Waals surface area contributed by atoms with Crippen molar-refractivity contribution < 1.29 is 14.1 Å². The van der Waals surface area contributed by atoms with Gasteiger partial charge in [-0.05, 0) is 63.7 Å². The van der Waals surface area contributed by atoms with E-state index in [0.29, 0.717) is 24.8 Å².